The summed E-state index contributed by atoms with van der Waals surface area (Å²) in [7, 11) is 0. The Balaban J connectivity index is 1.47. The molecule has 2 unspecified atom stereocenters. The number of nitrogens with zero attached hydrogens (tertiary/aromatic N) is 2. The number of rotatable bonds is 6. The highest BCUT2D eigenvalue weighted by Crippen LogP contribution is 2.41. The van der Waals surface area contributed by atoms with E-state index in [0.29, 0.717) is 11.5 Å². The maximum Gasteiger partial charge on any atom is 0.0234 e. The molecule has 3 heteroatoms. The summed E-state index contributed by atoms with van der Waals surface area (Å²) in [5.41, 5.74) is 1.89. The summed E-state index contributed by atoms with van der Waals surface area (Å²) >= 11 is 0. The van der Waals surface area contributed by atoms with Gasteiger partial charge in [-0.1, -0.05) is 51.1 Å². The second kappa shape index (κ2) is 7.99. The van der Waals surface area contributed by atoms with Crippen LogP contribution in [-0.4, -0.2) is 55.1 Å². The van der Waals surface area contributed by atoms with Crippen LogP contribution in [0.2, 0.25) is 0 Å². The van der Waals surface area contributed by atoms with Gasteiger partial charge >= 0.3 is 0 Å². The molecular weight excluding hydrogens is 294 g/mol. The van der Waals surface area contributed by atoms with Crippen molar-refractivity contribution >= 4 is 0 Å². The minimum atomic E-state index is 0.454. The van der Waals surface area contributed by atoms with E-state index in [0.717, 1.165) is 19.0 Å². The molecule has 1 saturated heterocycles. The topological polar surface area (TPSA) is 18.5 Å². The summed E-state index contributed by atoms with van der Waals surface area (Å²) in [4.78, 5) is 5.31. The maximum atomic E-state index is 3.78. The Kier molecular flexibility index (Phi) is 5.96. The molecule has 0 spiro atoms. The summed E-state index contributed by atoms with van der Waals surface area (Å²) in [5, 5.41) is 3.78. The molecule has 1 aliphatic heterocycles. The molecule has 2 fully saturated rings. The van der Waals surface area contributed by atoms with Crippen LogP contribution < -0.4 is 5.32 Å². The van der Waals surface area contributed by atoms with E-state index in [1.165, 1.54) is 51.1 Å². The fourth-order valence-corrected chi connectivity index (χ4v) is 4.68. The van der Waals surface area contributed by atoms with Gasteiger partial charge in [0.1, 0.15) is 0 Å². The Morgan fingerprint density at radius 3 is 2.38 bits per heavy atom. The first-order valence-electron chi connectivity index (χ1n) is 9.80. The SMILES string of the molecule is CCNC1C(CN2CCN(Cc3ccccc3)CC2)CCC1(C)C. The molecule has 2 aliphatic rings. The van der Waals surface area contributed by atoms with Gasteiger partial charge in [0.05, 0.1) is 0 Å². The molecular formula is C21H35N3. The highest BCUT2D eigenvalue weighted by atomic mass is 15.3. The van der Waals surface area contributed by atoms with Crippen molar-refractivity contribution in [3.63, 3.8) is 0 Å². The third kappa shape index (κ3) is 4.38. The first-order chi connectivity index (χ1) is 11.6. The van der Waals surface area contributed by atoms with Gasteiger partial charge in [-0.15, -0.1) is 0 Å². The zero-order chi connectivity index (χ0) is 17.0. The van der Waals surface area contributed by atoms with Gasteiger partial charge in [0.25, 0.3) is 0 Å². The molecule has 2 atom stereocenters. The summed E-state index contributed by atoms with van der Waals surface area (Å²) < 4.78 is 0. The van der Waals surface area contributed by atoms with Crippen LogP contribution in [0.15, 0.2) is 30.3 Å². The van der Waals surface area contributed by atoms with Crippen LogP contribution >= 0.6 is 0 Å². The van der Waals surface area contributed by atoms with Crippen LogP contribution in [-0.2, 0) is 6.54 Å². The van der Waals surface area contributed by atoms with Crippen molar-refractivity contribution in [3.05, 3.63) is 35.9 Å². The van der Waals surface area contributed by atoms with Crippen LogP contribution in [0, 0.1) is 11.3 Å². The lowest BCUT2D eigenvalue weighted by molar-refractivity contribution is 0.104. The van der Waals surface area contributed by atoms with Crippen molar-refractivity contribution in [2.75, 3.05) is 39.3 Å². The molecule has 0 bridgehead atoms. The van der Waals surface area contributed by atoms with Gasteiger partial charge in [-0.25, -0.2) is 0 Å². The molecule has 1 aromatic rings. The monoisotopic (exact) mass is 329 g/mol. The van der Waals surface area contributed by atoms with E-state index < -0.39 is 0 Å². The third-order valence-corrected chi connectivity index (χ3v) is 6.10. The van der Waals surface area contributed by atoms with Gasteiger partial charge in [0, 0.05) is 45.3 Å². The summed E-state index contributed by atoms with van der Waals surface area (Å²) in [5.74, 6) is 0.820. The molecule has 1 aliphatic carbocycles. The number of piperazine rings is 1. The van der Waals surface area contributed by atoms with E-state index in [1.54, 1.807) is 0 Å². The number of nitrogens with one attached hydrogen (secondary N) is 1. The molecule has 1 heterocycles. The molecule has 3 rings (SSSR count). The average molecular weight is 330 g/mol. The Morgan fingerprint density at radius 2 is 1.71 bits per heavy atom. The Labute approximate surface area is 148 Å². The zero-order valence-electron chi connectivity index (χ0n) is 15.8. The highest BCUT2D eigenvalue weighted by Gasteiger charge is 2.41. The van der Waals surface area contributed by atoms with E-state index in [-0.39, 0.29) is 0 Å². The van der Waals surface area contributed by atoms with Gasteiger partial charge in [-0.2, -0.15) is 0 Å². The van der Waals surface area contributed by atoms with Crippen LogP contribution in [0.1, 0.15) is 39.2 Å². The van der Waals surface area contributed by atoms with E-state index in [1.807, 2.05) is 0 Å². The summed E-state index contributed by atoms with van der Waals surface area (Å²) in [6, 6.07) is 11.6. The number of hydrogen-bond donors (Lipinski definition) is 1. The van der Waals surface area contributed by atoms with Crippen LogP contribution in [0.5, 0.6) is 0 Å². The fourth-order valence-electron chi connectivity index (χ4n) is 4.68. The molecule has 1 saturated carbocycles. The molecule has 0 aromatic heterocycles. The van der Waals surface area contributed by atoms with Crippen molar-refractivity contribution in [3.8, 4) is 0 Å². The second-order valence-electron chi connectivity index (χ2n) is 8.39. The average Bonchev–Trinajstić information content (AvgIpc) is 2.86. The summed E-state index contributed by atoms with van der Waals surface area (Å²) in [6.45, 7) is 15.5. The largest absolute Gasteiger partial charge is 0.313 e. The number of benzene rings is 1. The standard InChI is InChI=1S/C21H35N3/c1-4-22-20-19(10-11-21(20,2)3)17-24-14-12-23(13-15-24)16-18-8-6-5-7-9-18/h5-9,19-20,22H,4,10-17H2,1-3H3. The van der Waals surface area contributed by atoms with E-state index in [4.69, 9.17) is 0 Å². The lowest BCUT2D eigenvalue weighted by Crippen LogP contribution is -2.50. The second-order valence-corrected chi connectivity index (χ2v) is 8.39. The minimum Gasteiger partial charge on any atom is -0.313 e. The number of hydrogen-bond acceptors (Lipinski definition) is 3. The molecule has 134 valence electrons. The Morgan fingerprint density at radius 1 is 1.04 bits per heavy atom. The molecule has 0 amide bonds. The zero-order valence-corrected chi connectivity index (χ0v) is 15.8. The molecule has 24 heavy (non-hydrogen) atoms. The maximum absolute atomic E-state index is 3.78. The van der Waals surface area contributed by atoms with E-state index >= 15 is 0 Å². The van der Waals surface area contributed by atoms with Gasteiger partial charge in [-0.05, 0) is 36.3 Å². The van der Waals surface area contributed by atoms with Crippen LogP contribution in [0.3, 0.4) is 0 Å². The quantitative estimate of drug-likeness (QED) is 0.864. The predicted molar refractivity (Wildman–Crippen MR) is 102 cm³/mol. The van der Waals surface area contributed by atoms with Gasteiger partial charge in [-0.3, -0.25) is 4.90 Å². The first kappa shape index (κ1) is 17.9. The van der Waals surface area contributed by atoms with Crippen molar-refractivity contribution < 1.29 is 0 Å². The lowest BCUT2D eigenvalue weighted by atomic mass is 9.84. The van der Waals surface area contributed by atoms with Crippen LogP contribution in [0.25, 0.3) is 0 Å². The third-order valence-electron chi connectivity index (χ3n) is 6.10. The van der Waals surface area contributed by atoms with Gasteiger partial charge in [0.2, 0.25) is 0 Å². The first-order valence-corrected chi connectivity index (χ1v) is 9.80. The molecule has 1 N–H and O–H groups in total. The fraction of sp³-hybridized carbons (Fsp3) is 0.714. The normalized spacial score (nSPS) is 28.3. The molecule has 0 radical (unpaired) electrons. The summed E-state index contributed by atoms with van der Waals surface area (Å²) in [6.07, 6.45) is 2.75. The van der Waals surface area contributed by atoms with E-state index in [9.17, 15) is 0 Å². The van der Waals surface area contributed by atoms with Crippen molar-refractivity contribution in [1.29, 1.82) is 0 Å². The lowest BCUT2D eigenvalue weighted by Gasteiger charge is -2.38. The molecule has 3 nitrogen and oxygen atoms in total. The van der Waals surface area contributed by atoms with Gasteiger partial charge < -0.3 is 10.2 Å². The Bertz CT molecular complexity index is 491. The van der Waals surface area contributed by atoms with Gasteiger partial charge in [0.15, 0.2) is 0 Å². The van der Waals surface area contributed by atoms with Crippen molar-refractivity contribution in [2.24, 2.45) is 11.3 Å². The molecule has 1 aromatic carbocycles. The van der Waals surface area contributed by atoms with Crippen molar-refractivity contribution in [2.45, 2.75) is 46.2 Å². The van der Waals surface area contributed by atoms with Crippen molar-refractivity contribution in [1.82, 2.24) is 15.1 Å². The Hall–Kier alpha value is -0.900. The highest BCUT2D eigenvalue weighted by molar-refractivity contribution is 5.14. The van der Waals surface area contributed by atoms with E-state index in [2.05, 4.69) is 66.2 Å². The minimum absolute atomic E-state index is 0.454. The smallest absolute Gasteiger partial charge is 0.0234 e. The van der Waals surface area contributed by atoms with Crippen LogP contribution in [0.4, 0.5) is 0 Å². The predicted octanol–water partition coefficient (Wildman–Crippen LogP) is 3.22.